The Morgan fingerprint density at radius 2 is 1.59 bits per heavy atom. The Bertz CT molecular complexity index is 1080. The van der Waals surface area contributed by atoms with E-state index in [0.29, 0.717) is 22.0 Å². The molecule has 1 unspecified atom stereocenters. The van der Waals surface area contributed by atoms with E-state index in [2.05, 4.69) is 10.2 Å². The van der Waals surface area contributed by atoms with E-state index >= 15 is 0 Å². The molecule has 0 saturated carbocycles. The van der Waals surface area contributed by atoms with Gasteiger partial charge in [0.15, 0.2) is 0 Å². The predicted molar refractivity (Wildman–Crippen MR) is 103 cm³/mol. The number of aromatic nitrogens is 3. The molecule has 0 aliphatic carbocycles. The second kappa shape index (κ2) is 7.09. The van der Waals surface area contributed by atoms with Crippen LogP contribution in [-0.2, 0) is 4.79 Å². The SMILES string of the molecule is NC(=O)C(Oc1ccc(Cl)cc1-n1nc2ccccc2n1)c1ccccc1. The number of rotatable bonds is 5. The van der Waals surface area contributed by atoms with Crippen molar-refractivity contribution in [1.82, 2.24) is 15.0 Å². The molecule has 1 aromatic heterocycles. The Balaban J connectivity index is 1.78. The average molecular weight is 379 g/mol. The number of nitrogens with two attached hydrogens (primary N) is 1. The van der Waals surface area contributed by atoms with Crippen LogP contribution in [0.15, 0.2) is 72.8 Å². The van der Waals surface area contributed by atoms with Crippen molar-refractivity contribution in [2.75, 3.05) is 0 Å². The minimum absolute atomic E-state index is 0.396. The summed E-state index contributed by atoms with van der Waals surface area (Å²) in [7, 11) is 0. The number of hydrogen-bond acceptors (Lipinski definition) is 4. The number of primary amides is 1. The van der Waals surface area contributed by atoms with Crippen LogP contribution in [0.25, 0.3) is 16.7 Å². The molecule has 4 aromatic rings. The van der Waals surface area contributed by atoms with E-state index in [1.54, 1.807) is 30.3 Å². The maximum absolute atomic E-state index is 12.0. The topological polar surface area (TPSA) is 83.0 Å². The Labute approximate surface area is 160 Å². The summed E-state index contributed by atoms with van der Waals surface area (Å²) >= 11 is 6.17. The van der Waals surface area contributed by atoms with Gasteiger partial charge in [-0.25, -0.2) is 0 Å². The summed E-state index contributed by atoms with van der Waals surface area (Å²) < 4.78 is 5.96. The quantitative estimate of drug-likeness (QED) is 0.574. The lowest BCUT2D eigenvalue weighted by Gasteiger charge is -2.18. The molecule has 0 aliphatic heterocycles. The summed E-state index contributed by atoms with van der Waals surface area (Å²) in [5, 5.41) is 9.42. The lowest BCUT2D eigenvalue weighted by Crippen LogP contribution is -2.26. The van der Waals surface area contributed by atoms with Gasteiger partial charge in [-0.3, -0.25) is 4.79 Å². The van der Waals surface area contributed by atoms with Gasteiger partial charge in [0.25, 0.3) is 5.91 Å². The molecule has 4 rings (SSSR count). The van der Waals surface area contributed by atoms with Gasteiger partial charge in [0.2, 0.25) is 6.10 Å². The zero-order chi connectivity index (χ0) is 18.8. The third-order valence-electron chi connectivity index (χ3n) is 4.03. The summed E-state index contributed by atoms with van der Waals surface area (Å²) in [6, 6.07) is 21.6. The molecule has 0 saturated heterocycles. The van der Waals surface area contributed by atoms with Crippen LogP contribution in [0.5, 0.6) is 5.75 Å². The maximum atomic E-state index is 12.0. The van der Waals surface area contributed by atoms with Crippen molar-refractivity contribution >= 4 is 28.5 Å². The van der Waals surface area contributed by atoms with Gasteiger partial charge < -0.3 is 10.5 Å². The summed E-state index contributed by atoms with van der Waals surface area (Å²) in [4.78, 5) is 13.4. The third-order valence-corrected chi connectivity index (χ3v) is 4.26. The monoisotopic (exact) mass is 378 g/mol. The molecule has 27 heavy (non-hydrogen) atoms. The molecule has 6 nitrogen and oxygen atoms in total. The Morgan fingerprint density at radius 3 is 2.22 bits per heavy atom. The summed E-state index contributed by atoms with van der Waals surface area (Å²) in [5.41, 5.74) is 8.21. The fraction of sp³-hybridized carbons (Fsp3) is 0.0500. The van der Waals surface area contributed by atoms with Gasteiger partial charge in [0.1, 0.15) is 22.5 Å². The number of benzene rings is 3. The van der Waals surface area contributed by atoms with E-state index in [1.807, 2.05) is 42.5 Å². The van der Waals surface area contributed by atoms with E-state index in [1.165, 1.54) is 4.80 Å². The van der Waals surface area contributed by atoms with Crippen LogP contribution >= 0.6 is 11.6 Å². The van der Waals surface area contributed by atoms with Gasteiger partial charge >= 0.3 is 0 Å². The Hall–Kier alpha value is -3.38. The molecule has 0 fully saturated rings. The molecule has 3 aromatic carbocycles. The van der Waals surface area contributed by atoms with Crippen molar-refractivity contribution in [1.29, 1.82) is 0 Å². The number of fused-ring (bicyclic) bond motifs is 1. The molecule has 7 heteroatoms. The third kappa shape index (κ3) is 3.47. The highest BCUT2D eigenvalue weighted by Gasteiger charge is 2.22. The zero-order valence-corrected chi connectivity index (χ0v) is 14.9. The van der Waals surface area contributed by atoms with Crippen molar-refractivity contribution in [3.05, 3.63) is 83.4 Å². The van der Waals surface area contributed by atoms with Crippen LogP contribution in [-0.4, -0.2) is 20.9 Å². The molecule has 0 radical (unpaired) electrons. The van der Waals surface area contributed by atoms with E-state index < -0.39 is 12.0 Å². The van der Waals surface area contributed by atoms with Crippen LogP contribution in [0.2, 0.25) is 5.02 Å². The number of nitrogens with zero attached hydrogens (tertiary/aromatic N) is 3. The van der Waals surface area contributed by atoms with Gasteiger partial charge in [0, 0.05) is 10.6 Å². The normalized spacial score (nSPS) is 12.0. The second-order valence-corrected chi connectivity index (χ2v) is 6.34. The molecule has 0 bridgehead atoms. The number of carbonyl (C=O) groups excluding carboxylic acids is 1. The highest BCUT2D eigenvalue weighted by Crippen LogP contribution is 2.30. The van der Waals surface area contributed by atoms with Crippen LogP contribution in [0.1, 0.15) is 11.7 Å². The summed E-state index contributed by atoms with van der Waals surface area (Å²) in [6.07, 6.45) is -0.948. The molecule has 1 amide bonds. The highest BCUT2D eigenvalue weighted by molar-refractivity contribution is 6.30. The zero-order valence-electron chi connectivity index (χ0n) is 14.1. The molecule has 1 atom stereocenters. The molecular weight excluding hydrogens is 364 g/mol. The van der Waals surface area contributed by atoms with E-state index in [0.717, 1.165) is 11.0 Å². The number of carbonyl (C=O) groups is 1. The smallest absolute Gasteiger partial charge is 0.263 e. The van der Waals surface area contributed by atoms with Crippen molar-refractivity contribution in [2.24, 2.45) is 5.73 Å². The molecule has 2 N–H and O–H groups in total. The van der Waals surface area contributed by atoms with Crippen LogP contribution in [0.4, 0.5) is 0 Å². The van der Waals surface area contributed by atoms with E-state index in [4.69, 9.17) is 22.1 Å². The fourth-order valence-electron chi connectivity index (χ4n) is 2.76. The lowest BCUT2D eigenvalue weighted by molar-refractivity contribution is -0.125. The first kappa shape index (κ1) is 17.1. The minimum Gasteiger partial charge on any atom is -0.473 e. The van der Waals surface area contributed by atoms with Crippen molar-refractivity contribution in [3.8, 4) is 11.4 Å². The van der Waals surface area contributed by atoms with Gasteiger partial charge in [-0.2, -0.15) is 0 Å². The number of halogens is 1. The van der Waals surface area contributed by atoms with E-state index in [9.17, 15) is 4.79 Å². The second-order valence-electron chi connectivity index (χ2n) is 5.90. The predicted octanol–water partition coefficient (Wildman–Crippen LogP) is 3.68. The van der Waals surface area contributed by atoms with E-state index in [-0.39, 0.29) is 0 Å². The van der Waals surface area contributed by atoms with Crippen LogP contribution in [0, 0.1) is 0 Å². The van der Waals surface area contributed by atoms with Gasteiger partial charge in [-0.1, -0.05) is 54.1 Å². The van der Waals surface area contributed by atoms with Gasteiger partial charge in [-0.15, -0.1) is 15.0 Å². The van der Waals surface area contributed by atoms with Gasteiger partial charge in [-0.05, 0) is 30.3 Å². The first-order valence-electron chi connectivity index (χ1n) is 8.25. The molecule has 0 aliphatic rings. The number of amides is 1. The van der Waals surface area contributed by atoms with Crippen molar-refractivity contribution < 1.29 is 9.53 Å². The minimum atomic E-state index is -0.948. The number of hydrogen-bond donors (Lipinski definition) is 1. The van der Waals surface area contributed by atoms with Crippen LogP contribution < -0.4 is 10.5 Å². The first-order chi connectivity index (χ1) is 13.1. The molecule has 0 spiro atoms. The van der Waals surface area contributed by atoms with Crippen molar-refractivity contribution in [3.63, 3.8) is 0 Å². The average Bonchev–Trinajstić information content (AvgIpc) is 3.11. The summed E-state index contributed by atoms with van der Waals surface area (Å²) in [5.74, 6) is -0.201. The fourth-order valence-corrected chi connectivity index (χ4v) is 2.93. The summed E-state index contributed by atoms with van der Waals surface area (Å²) in [6.45, 7) is 0. The maximum Gasteiger partial charge on any atom is 0.263 e. The molecule has 1 heterocycles. The van der Waals surface area contributed by atoms with Gasteiger partial charge in [0.05, 0.1) is 0 Å². The number of ether oxygens (including phenoxy) is 1. The van der Waals surface area contributed by atoms with Crippen molar-refractivity contribution in [2.45, 2.75) is 6.10 Å². The highest BCUT2D eigenvalue weighted by atomic mass is 35.5. The standard InChI is InChI=1S/C20H15ClN4O2/c21-14-10-11-18(27-19(20(22)26)13-6-2-1-3-7-13)17(12-14)25-23-15-8-4-5-9-16(15)24-25/h1-12,19H,(H2,22,26). The lowest BCUT2D eigenvalue weighted by atomic mass is 10.1. The Kier molecular flexibility index (Phi) is 4.48. The molecular formula is C20H15ClN4O2. The Morgan fingerprint density at radius 1 is 0.963 bits per heavy atom. The first-order valence-corrected chi connectivity index (χ1v) is 8.62. The molecule has 134 valence electrons. The largest absolute Gasteiger partial charge is 0.473 e. The van der Waals surface area contributed by atoms with Crippen LogP contribution in [0.3, 0.4) is 0 Å².